The van der Waals surface area contributed by atoms with Crippen molar-refractivity contribution in [3.8, 4) is 5.75 Å². The molecule has 0 N–H and O–H groups in total. The second-order valence-electron chi connectivity index (χ2n) is 7.65. The molecule has 1 spiro atoms. The first-order chi connectivity index (χ1) is 12.3. The zero-order chi connectivity index (χ0) is 17.1. The zero-order valence-electron chi connectivity index (χ0n) is 15.3. The van der Waals surface area contributed by atoms with E-state index in [0.717, 1.165) is 71.1 Å². The van der Waals surface area contributed by atoms with Crippen LogP contribution in [-0.4, -0.2) is 74.6 Å². The standard InChI is InChI=1S/C20H30N2O3/c1-23-19-4-2-3-17(13-19)14-21-10-12-25-20(16-21)6-8-22(9-7-20)18-5-11-24-15-18/h2-4,13,18H,5-12,14-16H2,1H3. The molecule has 0 radical (unpaired) electrons. The molecule has 3 heterocycles. The fraction of sp³-hybridized carbons (Fsp3) is 0.700. The average molecular weight is 346 g/mol. The number of piperidine rings is 1. The van der Waals surface area contributed by atoms with Crippen molar-refractivity contribution in [1.29, 1.82) is 0 Å². The maximum absolute atomic E-state index is 6.31. The van der Waals surface area contributed by atoms with Gasteiger partial charge in [0.15, 0.2) is 0 Å². The summed E-state index contributed by atoms with van der Waals surface area (Å²) in [6, 6.07) is 9.05. The number of morpholine rings is 1. The van der Waals surface area contributed by atoms with Gasteiger partial charge in [0.1, 0.15) is 5.75 Å². The summed E-state index contributed by atoms with van der Waals surface area (Å²) in [5.74, 6) is 0.938. The van der Waals surface area contributed by atoms with E-state index in [1.807, 2.05) is 6.07 Å². The molecule has 0 saturated carbocycles. The van der Waals surface area contributed by atoms with Crippen molar-refractivity contribution in [3.63, 3.8) is 0 Å². The molecule has 0 aromatic heterocycles. The molecule has 0 bridgehead atoms. The Labute approximate surface area is 150 Å². The van der Waals surface area contributed by atoms with Crippen molar-refractivity contribution in [1.82, 2.24) is 9.80 Å². The number of ether oxygens (including phenoxy) is 3. The van der Waals surface area contributed by atoms with E-state index in [-0.39, 0.29) is 5.60 Å². The monoisotopic (exact) mass is 346 g/mol. The molecule has 25 heavy (non-hydrogen) atoms. The van der Waals surface area contributed by atoms with E-state index in [9.17, 15) is 0 Å². The van der Waals surface area contributed by atoms with Crippen molar-refractivity contribution in [3.05, 3.63) is 29.8 Å². The second kappa shape index (κ2) is 7.62. The summed E-state index contributed by atoms with van der Waals surface area (Å²) in [6.07, 6.45) is 3.46. The van der Waals surface area contributed by atoms with Crippen LogP contribution in [0.5, 0.6) is 5.75 Å². The lowest BCUT2D eigenvalue weighted by atomic mass is 9.88. The Hall–Kier alpha value is -1.14. The first-order valence-corrected chi connectivity index (χ1v) is 9.57. The van der Waals surface area contributed by atoms with Crippen molar-refractivity contribution in [2.24, 2.45) is 0 Å². The summed E-state index contributed by atoms with van der Waals surface area (Å²) in [5.41, 5.74) is 1.37. The Balaban J connectivity index is 1.34. The van der Waals surface area contributed by atoms with Crippen LogP contribution >= 0.6 is 0 Å². The van der Waals surface area contributed by atoms with Gasteiger partial charge in [0, 0.05) is 45.4 Å². The van der Waals surface area contributed by atoms with E-state index in [2.05, 4.69) is 28.0 Å². The van der Waals surface area contributed by atoms with E-state index in [0.29, 0.717) is 6.04 Å². The Morgan fingerprint density at radius 3 is 2.84 bits per heavy atom. The normalized spacial score (nSPS) is 27.6. The lowest BCUT2D eigenvalue weighted by molar-refractivity contribution is -0.140. The quantitative estimate of drug-likeness (QED) is 0.835. The Kier molecular flexibility index (Phi) is 5.27. The molecule has 3 aliphatic heterocycles. The number of benzene rings is 1. The third-order valence-corrected chi connectivity index (χ3v) is 6.00. The molecule has 5 heteroatoms. The highest BCUT2D eigenvalue weighted by Crippen LogP contribution is 2.32. The maximum atomic E-state index is 6.31. The molecule has 1 aromatic rings. The van der Waals surface area contributed by atoms with Gasteiger partial charge >= 0.3 is 0 Å². The van der Waals surface area contributed by atoms with Gasteiger partial charge in [-0.05, 0) is 37.0 Å². The van der Waals surface area contributed by atoms with Crippen LogP contribution in [0.2, 0.25) is 0 Å². The molecule has 3 aliphatic rings. The summed E-state index contributed by atoms with van der Waals surface area (Å²) in [7, 11) is 1.73. The zero-order valence-corrected chi connectivity index (χ0v) is 15.3. The molecule has 1 atom stereocenters. The van der Waals surface area contributed by atoms with Crippen LogP contribution < -0.4 is 4.74 Å². The van der Waals surface area contributed by atoms with Crippen molar-refractivity contribution < 1.29 is 14.2 Å². The van der Waals surface area contributed by atoms with Gasteiger partial charge in [0.25, 0.3) is 0 Å². The average Bonchev–Trinajstić information content (AvgIpc) is 3.17. The van der Waals surface area contributed by atoms with E-state index in [4.69, 9.17) is 14.2 Å². The Morgan fingerprint density at radius 2 is 2.08 bits per heavy atom. The number of nitrogens with zero attached hydrogens (tertiary/aromatic N) is 2. The van der Waals surface area contributed by atoms with Gasteiger partial charge in [0.2, 0.25) is 0 Å². The maximum Gasteiger partial charge on any atom is 0.119 e. The topological polar surface area (TPSA) is 34.2 Å². The molecule has 3 fully saturated rings. The summed E-state index contributed by atoms with van der Waals surface area (Å²) in [4.78, 5) is 5.16. The van der Waals surface area contributed by atoms with Crippen LogP contribution in [0.4, 0.5) is 0 Å². The van der Waals surface area contributed by atoms with Crippen LogP contribution in [0, 0.1) is 0 Å². The molecular formula is C20H30N2O3. The SMILES string of the molecule is COc1cccc(CN2CCOC3(CCN(C4CCOC4)CC3)C2)c1. The predicted octanol–water partition coefficient (Wildman–Crippen LogP) is 2.15. The smallest absolute Gasteiger partial charge is 0.119 e. The number of hydrogen-bond donors (Lipinski definition) is 0. The van der Waals surface area contributed by atoms with Gasteiger partial charge in [-0.25, -0.2) is 0 Å². The van der Waals surface area contributed by atoms with Gasteiger partial charge in [-0.1, -0.05) is 12.1 Å². The third kappa shape index (κ3) is 4.00. The lowest BCUT2D eigenvalue weighted by Crippen LogP contribution is -2.57. The predicted molar refractivity (Wildman–Crippen MR) is 97.0 cm³/mol. The van der Waals surface area contributed by atoms with E-state index in [1.165, 1.54) is 12.0 Å². The molecule has 3 saturated heterocycles. The van der Waals surface area contributed by atoms with Crippen LogP contribution in [0.25, 0.3) is 0 Å². The fourth-order valence-corrected chi connectivity index (χ4v) is 4.50. The third-order valence-electron chi connectivity index (χ3n) is 6.00. The summed E-state index contributed by atoms with van der Waals surface area (Å²) >= 11 is 0. The molecule has 1 unspecified atom stereocenters. The molecule has 1 aromatic carbocycles. The van der Waals surface area contributed by atoms with Gasteiger partial charge in [-0.2, -0.15) is 0 Å². The molecule has 0 amide bonds. The Morgan fingerprint density at radius 1 is 1.20 bits per heavy atom. The molecule has 138 valence electrons. The number of likely N-dealkylation sites (tertiary alicyclic amines) is 1. The lowest BCUT2D eigenvalue weighted by Gasteiger charge is -2.48. The number of hydrogen-bond acceptors (Lipinski definition) is 5. The van der Waals surface area contributed by atoms with Crippen molar-refractivity contribution in [2.75, 3.05) is 53.1 Å². The summed E-state index contributed by atoms with van der Waals surface area (Å²) in [6.45, 7) is 7.99. The molecule has 4 rings (SSSR count). The minimum absolute atomic E-state index is 0.0487. The second-order valence-corrected chi connectivity index (χ2v) is 7.65. The highest BCUT2D eigenvalue weighted by atomic mass is 16.5. The van der Waals surface area contributed by atoms with E-state index < -0.39 is 0 Å². The van der Waals surface area contributed by atoms with Gasteiger partial charge in [-0.3, -0.25) is 9.80 Å². The van der Waals surface area contributed by atoms with Crippen LogP contribution in [0.1, 0.15) is 24.8 Å². The first kappa shape index (κ1) is 17.3. The van der Waals surface area contributed by atoms with Gasteiger partial charge < -0.3 is 14.2 Å². The summed E-state index contributed by atoms with van der Waals surface area (Å²) in [5, 5.41) is 0. The van der Waals surface area contributed by atoms with Crippen molar-refractivity contribution >= 4 is 0 Å². The highest BCUT2D eigenvalue weighted by Gasteiger charge is 2.41. The minimum Gasteiger partial charge on any atom is -0.497 e. The fourth-order valence-electron chi connectivity index (χ4n) is 4.50. The minimum atomic E-state index is 0.0487. The van der Waals surface area contributed by atoms with E-state index in [1.54, 1.807) is 7.11 Å². The highest BCUT2D eigenvalue weighted by molar-refractivity contribution is 5.28. The number of rotatable bonds is 4. The summed E-state index contributed by atoms with van der Waals surface area (Å²) < 4.78 is 17.2. The molecule has 0 aliphatic carbocycles. The van der Waals surface area contributed by atoms with E-state index >= 15 is 0 Å². The van der Waals surface area contributed by atoms with Crippen LogP contribution in [0.3, 0.4) is 0 Å². The van der Waals surface area contributed by atoms with Gasteiger partial charge in [-0.15, -0.1) is 0 Å². The van der Waals surface area contributed by atoms with Crippen LogP contribution in [-0.2, 0) is 16.0 Å². The van der Waals surface area contributed by atoms with Gasteiger partial charge in [0.05, 0.1) is 25.9 Å². The van der Waals surface area contributed by atoms with Crippen LogP contribution in [0.15, 0.2) is 24.3 Å². The number of methoxy groups -OCH3 is 1. The first-order valence-electron chi connectivity index (χ1n) is 9.57. The largest absolute Gasteiger partial charge is 0.497 e. The van der Waals surface area contributed by atoms with Crippen molar-refractivity contribution in [2.45, 2.75) is 37.5 Å². The molecular weight excluding hydrogens is 316 g/mol. The Bertz CT molecular complexity index is 566. The molecule has 5 nitrogen and oxygen atoms in total.